The zero-order valence-corrected chi connectivity index (χ0v) is 34.1. The van der Waals surface area contributed by atoms with Crippen LogP contribution < -0.4 is 0 Å². The molecule has 59 heavy (non-hydrogen) atoms. The van der Waals surface area contributed by atoms with Crippen LogP contribution in [-0.4, -0.2) is 418 Å². The van der Waals surface area contributed by atoms with Gasteiger partial charge >= 0.3 is 0 Å². The van der Waals surface area contributed by atoms with E-state index in [1.807, 2.05) is 0 Å². The van der Waals surface area contributed by atoms with Gasteiger partial charge in [0.05, 0.1) is 0 Å². The first-order chi connectivity index (χ1) is 26.9. The smallest absolute Gasteiger partial charge is 0 e. The van der Waals surface area contributed by atoms with Crippen molar-refractivity contribution in [3.8, 4) is 0 Å². The summed E-state index contributed by atoms with van der Waals surface area (Å²) >= 11 is 0. The molecule has 0 spiro atoms. The molecule has 0 unspecified atom stereocenters. The van der Waals surface area contributed by atoms with Crippen molar-refractivity contribution in [3.05, 3.63) is 0 Å². The third-order valence-corrected chi connectivity index (χ3v) is 12.2. The Bertz CT molecular complexity index is 902. The molecule has 0 aromatic carbocycles. The minimum atomic E-state index is -1.47. The second-order valence-electron chi connectivity index (χ2n) is 16.4. The lowest BCUT2D eigenvalue weighted by atomic mass is 8.23. The summed E-state index contributed by atoms with van der Waals surface area (Å²) in [7, 11) is 198. The summed E-state index contributed by atoms with van der Waals surface area (Å²) in [5, 5.41) is 0. The predicted molar refractivity (Wildman–Crippen MR) is 339 cm³/mol. The fraction of sp³-hybridized carbons (Fsp3) is 0. The fourth-order valence-electron chi connectivity index (χ4n) is 10.1. The maximum atomic E-state index is 7.01. The monoisotopic (exact) mass is 650 g/mol. The van der Waals surface area contributed by atoms with E-state index in [1.165, 1.54) is 0 Å². The van der Waals surface area contributed by atoms with Gasteiger partial charge in [0.1, 0.15) is 0 Å². The zero-order chi connectivity index (χ0) is 46.9. The molecule has 0 nitrogen and oxygen atoms in total. The van der Waals surface area contributed by atoms with Gasteiger partial charge in [0, 0.05) is 418 Å². The van der Waals surface area contributed by atoms with Gasteiger partial charge in [0.25, 0.3) is 0 Å². The molecule has 0 aliphatic rings. The van der Waals surface area contributed by atoms with E-state index in [2.05, 4.69) is 0 Å². The van der Waals surface area contributed by atoms with Crippen LogP contribution in [0.5, 0.6) is 0 Å². The van der Waals surface area contributed by atoms with Crippen molar-refractivity contribution >= 4 is 418 Å². The zero-order valence-electron chi connectivity index (χ0n) is 34.1. The van der Waals surface area contributed by atoms with Crippen molar-refractivity contribution in [2.45, 2.75) is 0 Å². The Labute approximate surface area is 414 Å². The van der Waals surface area contributed by atoms with Gasteiger partial charge in [-0.3, -0.25) is 0 Å². The maximum Gasteiger partial charge on any atom is 0 e. The third-order valence-electron chi connectivity index (χ3n) is 12.2. The van der Waals surface area contributed by atoms with Gasteiger partial charge in [-0.25, -0.2) is 0 Å². The highest BCUT2D eigenvalue weighted by molar-refractivity contribution is 8.37. The fourth-order valence-corrected chi connectivity index (χ4v) is 10.1. The van der Waals surface area contributed by atoms with Crippen LogP contribution in [-0.2, 0) is 0 Å². The van der Waals surface area contributed by atoms with E-state index in [4.69, 9.17) is 232 Å². The predicted octanol–water partition coefficient (Wildman–Crippen LogP) is -22.5. The van der Waals surface area contributed by atoms with Crippen LogP contribution in [0, 0.1) is 0 Å². The van der Waals surface area contributed by atoms with Gasteiger partial charge < -0.3 is 0 Å². The van der Waals surface area contributed by atoms with Gasteiger partial charge in [0.2, 0.25) is 0 Å². The molecular weight excluding hydrogens is 638 g/mol. The van der Waals surface area contributed by atoms with E-state index in [-0.39, 0.29) is 0 Å². The molecule has 0 atom stereocenters. The van der Waals surface area contributed by atoms with Crippen molar-refractivity contribution < 1.29 is 0 Å². The first kappa shape index (κ1) is 62.8. The second kappa shape index (κ2) is 29.0. The molecular formula is B59. The summed E-state index contributed by atoms with van der Waals surface area (Å²) in [4.78, 5) is 0. The lowest BCUT2D eigenvalue weighted by Crippen LogP contribution is -2.97. The molecule has 61 radical (unpaired) electrons. The first-order valence-electron chi connectivity index (χ1n) is 19.3. The SMILES string of the molecule is [B][B]B([B])B(B(B([B])[B])B([B])[B])B(B(B(B([B])[B])B([B])[B])B(B([B])[B])B([B])[B])B(B(B(B([B])[B])B([B])[B])B(B([B])[B])B([B])[B])B(B(B([B])[B])B([B])[B])B(B([B])[B])B([B])[B]. The Hall–Kier alpha value is 3.83. The quantitative estimate of drug-likeness (QED) is 0.0749. The molecule has 0 fully saturated rings. The molecule has 0 N–H and O–H groups in total. The van der Waals surface area contributed by atoms with Crippen LogP contribution in [0.3, 0.4) is 0 Å². The van der Waals surface area contributed by atoms with Crippen LogP contribution in [0.4, 0.5) is 0 Å². The molecule has 0 saturated carbocycles. The first-order valence-corrected chi connectivity index (χ1v) is 19.3. The Kier molecular flexibility index (Phi) is 30.9. The van der Waals surface area contributed by atoms with Gasteiger partial charge in [-0.1, -0.05) is 0 Å². The van der Waals surface area contributed by atoms with Crippen molar-refractivity contribution in [3.63, 3.8) is 0 Å². The highest BCUT2D eigenvalue weighted by atomic mass is 13.4. The van der Waals surface area contributed by atoms with Gasteiger partial charge in [0.15, 0.2) is 0 Å². The molecule has 0 aromatic heterocycles. The van der Waals surface area contributed by atoms with Crippen LogP contribution in [0.2, 0.25) is 0 Å². The highest BCUT2D eigenvalue weighted by Gasteiger charge is 2.62. The van der Waals surface area contributed by atoms with Crippen LogP contribution in [0.15, 0.2) is 0 Å². The molecule has 0 saturated heterocycles. The average Bonchev–Trinajstić information content (AvgIpc) is 3.02. The highest BCUT2D eigenvalue weighted by Crippen LogP contribution is 2.24. The van der Waals surface area contributed by atoms with Crippen molar-refractivity contribution in [2.75, 3.05) is 0 Å². The van der Waals surface area contributed by atoms with Crippen molar-refractivity contribution in [2.24, 2.45) is 0 Å². The normalized spacial score (nSPS) is 9.69. The summed E-state index contributed by atoms with van der Waals surface area (Å²) in [5.74, 6) is 0. The number of hydrogen-bond donors (Lipinski definition) is 0. The molecule has 0 aliphatic carbocycles. The molecule has 0 aromatic rings. The summed E-state index contributed by atoms with van der Waals surface area (Å²) in [6.45, 7) is 0. The van der Waals surface area contributed by atoms with E-state index >= 15 is 0 Å². The van der Waals surface area contributed by atoms with Crippen molar-refractivity contribution in [1.82, 2.24) is 0 Å². The van der Waals surface area contributed by atoms with Crippen LogP contribution in [0.1, 0.15) is 0 Å². The standard InChI is InChI=1S/B59/c1-31-46(30)54(47(32(2)3)33(4)5)58(55(48(34(6)7)35(8)9)49(36(10)11)37(12)13)59(56(50(38(14)15)39(16)17)51(40(18)19)41(20)21)57(52(42(22)23)43(24)25)53(44(26)27)45(28)29. The van der Waals surface area contributed by atoms with Crippen molar-refractivity contribution in [1.29, 1.82) is 0 Å². The lowest BCUT2D eigenvalue weighted by molar-refractivity contribution is 3.17. The largest absolute Gasteiger partial charge is 0 e. The maximum absolute atomic E-state index is 7.01. The molecule has 59 heteroatoms. The molecule has 0 amide bonds. The Morgan fingerprint density at radius 3 is 0.373 bits per heavy atom. The third kappa shape index (κ3) is 17.1. The summed E-state index contributed by atoms with van der Waals surface area (Å²) in [5.41, 5.74) is 0. The lowest BCUT2D eigenvalue weighted by Gasteiger charge is -2.58. The van der Waals surface area contributed by atoms with E-state index in [1.54, 1.807) is 0 Å². The second-order valence-corrected chi connectivity index (χ2v) is 16.4. The minimum Gasteiger partial charge on any atom is 0 e. The van der Waals surface area contributed by atoms with Gasteiger partial charge in [-0.15, -0.1) is 0 Å². The van der Waals surface area contributed by atoms with Crippen LogP contribution in [0.25, 0.3) is 0 Å². The minimum absolute atomic E-state index is 1.11. The van der Waals surface area contributed by atoms with E-state index in [9.17, 15) is 0 Å². The molecule has 0 aliphatic heterocycles. The Morgan fingerprint density at radius 2 is 0.254 bits per heavy atom. The van der Waals surface area contributed by atoms with Gasteiger partial charge in [-0.05, 0) is 0 Å². The molecule has 177 valence electrons. The molecule has 0 rings (SSSR count). The van der Waals surface area contributed by atoms with E-state index in [0.717, 1.165) is 7.06 Å². The number of rotatable bonds is 28. The van der Waals surface area contributed by atoms with E-state index < -0.39 is 179 Å². The molecule has 0 heterocycles. The van der Waals surface area contributed by atoms with Gasteiger partial charge in [-0.2, -0.15) is 0 Å². The summed E-state index contributed by atoms with van der Waals surface area (Å²) in [6.07, 6.45) is -39.0. The summed E-state index contributed by atoms with van der Waals surface area (Å²) < 4.78 is 0. The summed E-state index contributed by atoms with van der Waals surface area (Å²) in [6, 6.07) is 0. The molecule has 0 bridgehead atoms. The Morgan fingerprint density at radius 1 is 0.153 bits per heavy atom. The van der Waals surface area contributed by atoms with Crippen LogP contribution >= 0.6 is 0 Å². The number of hydrogen-bond acceptors (Lipinski definition) is 0. The average molecular weight is 638 g/mol. The topological polar surface area (TPSA) is 0 Å². The van der Waals surface area contributed by atoms with E-state index in [0.29, 0.717) is 0 Å². The Balaban J connectivity index is 10.5.